The second-order valence-electron chi connectivity index (χ2n) is 8.38. The minimum Gasteiger partial charge on any atom is -0.349 e. The molecule has 0 aromatic heterocycles. The number of rotatable bonds is 5. The summed E-state index contributed by atoms with van der Waals surface area (Å²) < 4.78 is 27.3. The second-order valence-corrected chi connectivity index (χ2v) is 10.3. The second kappa shape index (κ2) is 9.31. The zero-order valence-electron chi connectivity index (χ0n) is 17.3. The molecule has 2 aromatic carbocycles. The molecule has 2 fully saturated rings. The van der Waals surface area contributed by atoms with Crippen molar-refractivity contribution >= 4 is 15.9 Å². The molecule has 1 amide bonds. The summed E-state index contributed by atoms with van der Waals surface area (Å²) in [7, 11) is -3.43. The van der Waals surface area contributed by atoms with Crippen molar-refractivity contribution < 1.29 is 13.2 Å². The van der Waals surface area contributed by atoms with Gasteiger partial charge in [0.15, 0.2) is 0 Å². The van der Waals surface area contributed by atoms with Gasteiger partial charge in [0.25, 0.3) is 5.91 Å². The van der Waals surface area contributed by atoms with E-state index in [1.165, 1.54) is 19.3 Å². The van der Waals surface area contributed by atoms with Crippen molar-refractivity contribution in [3.05, 3.63) is 54.1 Å². The Morgan fingerprint density at radius 1 is 0.833 bits per heavy atom. The van der Waals surface area contributed by atoms with E-state index in [0.717, 1.165) is 43.2 Å². The molecule has 2 aliphatic rings. The molecular formula is C24H30N2O3S. The number of hydrogen-bond donors (Lipinski definition) is 1. The third-order valence-electron chi connectivity index (χ3n) is 6.21. The maximum Gasteiger partial charge on any atom is 0.251 e. The molecule has 0 bridgehead atoms. The molecule has 160 valence electrons. The zero-order chi connectivity index (χ0) is 21.0. The molecule has 6 heteroatoms. The summed E-state index contributed by atoms with van der Waals surface area (Å²) in [5, 5.41) is 3.16. The summed E-state index contributed by atoms with van der Waals surface area (Å²) in [6, 6.07) is 14.8. The lowest BCUT2D eigenvalue weighted by Gasteiger charge is -2.25. The highest BCUT2D eigenvalue weighted by atomic mass is 32.2. The van der Waals surface area contributed by atoms with Gasteiger partial charge in [-0.05, 0) is 61.1 Å². The molecule has 1 aliphatic heterocycles. The van der Waals surface area contributed by atoms with Gasteiger partial charge in [0.2, 0.25) is 10.0 Å². The summed E-state index contributed by atoms with van der Waals surface area (Å²) in [6.45, 7) is 1.20. The smallest absolute Gasteiger partial charge is 0.251 e. The van der Waals surface area contributed by atoms with Gasteiger partial charge in [-0.15, -0.1) is 0 Å². The topological polar surface area (TPSA) is 66.5 Å². The molecule has 1 N–H and O–H groups in total. The van der Waals surface area contributed by atoms with Crippen LogP contribution in [0.5, 0.6) is 0 Å². The first kappa shape index (κ1) is 21.1. The Balaban J connectivity index is 1.49. The van der Waals surface area contributed by atoms with Crippen LogP contribution in [0.3, 0.4) is 0 Å². The van der Waals surface area contributed by atoms with Gasteiger partial charge < -0.3 is 5.32 Å². The number of carbonyl (C=O) groups is 1. The van der Waals surface area contributed by atoms with Crippen molar-refractivity contribution in [2.75, 3.05) is 13.1 Å². The summed E-state index contributed by atoms with van der Waals surface area (Å²) in [5.41, 5.74) is 2.45. The fraction of sp³-hybridized carbons (Fsp3) is 0.458. The molecule has 0 radical (unpaired) electrons. The lowest BCUT2D eigenvalue weighted by Crippen LogP contribution is -2.36. The first-order valence-electron chi connectivity index (χ1n) is 11.1. The van der Waals surface area contributed by atoms with E-state index < -0.39 is 10.0 Å². The van der Waals surface area contributed by atoms with Gasteiger partial charge >= 0.3 is 0 Å². The number of nitrogens with one attached hydrogen (secondary N) is 1. The third-order valence-corrected chi connectivity index (χ3v) is 8.12. The third kappa shape index (κ3) is 4.76. The number of piperidine rings is 1. The number of amides is 1. The molecule has 1 saturated heterocycles. The number of benzene rings is 2. The Hall–Kier alpha value is -2.18. The van der Waals surface area contributed by atoms with Crippen molar-refractivity contribution in [3.8, 4) is 11.1 Å². The molecule has 1 heterocycles. The predicted octanol–water partition coefficient (Wildman–Crippen LogP) is 4.59. The number of carbonyl (C=O) groups excluding carboxylic acids is 1. The first-order valence-corrected chi connectivity index (χ1v) is 12.5. The van der Waals surface area contributed by atoms with Crippen molar-refractivity contribution in [1.29, 1.82) is 0 Å². The van der Waals surface area contributed by atoms with Crippen molar-refractivity contribution in [1.82, 2.24) is 9.62 Å². The van der Waals surface area contributed by atoms with E-state index in [2.05, 4.69) is 5.32 Å². The number of sulfonamides is 1. The molecule has 1 aliphatic carbocycles. The highest BCUT2D eigenvalue weighted by Crippen LogP contribution is 2.26. The van der Waals surface area contributed by atoms with E-state index in [1.807, 2.05) is 36.4 Å². The first-order chi connectivity index (χ1) is 14.5. The van der Waals surface area contributed by atoms with Crippen LogP contribution in [0.2, 0.25) is 0 Å². The van der Waals surface area contributed by atoms with Gasteiger partial charge in [-0.1, -0.05) is 49.9 Å². The van der Waals surface area contributed by atoms with Crippen LogP contribution in [0.4, 0.5) is 0 Å². The van der Waals surface area contributed by atoms with Crippen LogP contribution < -0.4 is 5.32 Å². The van der Waals surface area contributed by atoms with Crippen LogP contribution in [-0.2, 0) is 10.0 Å². The van der Waals surface area contributed by atoms with Crippen LogP contribution in [0.1, 0.15) is 61.7 Å². The minimum atomic E-state index is -3.43. The Kier molecular flexibility index (Phi) is 6.54. The quantitative estimate of drug-likeness (QED) is 0.760. The summed E-state index contributed by atoms with van der Waals surface area (Å²) >= 11 is 0. The lowest BCUT2D eigenvalue weighted by molar-refractivity contribution is 0.0927. The van der Waals surface area contributed by atoms with Crippen LogP contribution in [-0.4, -0.2) is 37.8 Å². The standard InChI is InChI=1S/C24H30N2O3S/c27-24(25-22-10-3-1-4-11-22)21-9-7-8-20(18-21)19-12-14-23(15-13-19)30(28,29)26-16-5-2-6-17-26/h7-9,12-15,18,22H,1-6,10-11,16-17H2,(H,25,27). The van der Waals surface area contributed by atoms with Gasteiger partial charge in [0, 0.05) is 24.7 Å². The lowest BCUT2D eigenvalue weighted by atomic mass is 9.95. The SMILES string of the molecule is O=C(NC1CCCCC1)c1cccc(-c2ccc(S(=O)(=O)N3CCCCC3)cc2)c1. The molecular weight excluding hydrogens is 396 g/mol. The minimum absolute atomic E-state index is 0.0342. The van der Waals surface area contributed by atoms with E-state index in [4.69, 9.17) is 0 Å². The maximum atomic E-state index is 12.8. The molecule has 30 heavy (non-hydrogen) atoms. The fourth-order valence-corrected chi connectivity index (χ4v) is 5.95. The fourth-order valence-electron chi connectivity index (χ4n) is 4.43. The van der Waals surface area contributed by atoms with E-state index in [9.17, 15) is 13.2 Å². The molecule has 0 spiro atoms. The molecule has 5 nitrogen and oxygen atoms in total. The maximum absolute atomic E-state index is 12.8. The molecule has 0 unspecified atom stereocenters. The highest BCUT2D eigenvalue weighted by molar-refractivity contribution is 7.89. The monoisotopic (exact) mass is 426 g/mol. The van der Waals surface area contributed by atoms with E-state index >= 15 is 0 Å². The summed E-state index contributed by atoms with van der Waals surface area (Å²) in [6.07, 6.45) is 8.66. The number of hydrogen-bond acceptors (Lipinski definition) is 3. The Morgan fingerprint density at radius 2 is 1.50 bits per heavy atom. The van der Waals surface area contributed by atoms with Gasteiger partial charge in [0.05, 0.1) is 4.90 Å². The Labute approximate surface area is 179 Å². The largest absolute Gasteiger partial charge is 0.349 e. The van der Waals surface area contributed by atoms with E-state index in [0.29, 0.717) is 23.5 Å². The summed E-state index contributed by atoms with van der Waals surface area (Å²) in [5.74, 6) is -0.0342. The van der Waals surface area contributed by atoms with Gasteiger partial charge in [-0.25, -0.2) is 8.42 Å². The van der Waals surface area contributed by atoms with Crippen LogP contribution >= 0.6 is 0 Å². The normalized spacial score (nSPS) is 18.8. The van der Waals surface area contributed by atoms with E-state index in [-0.39, 0.29) is 11.9 Å². The average Bonchev–Trinajstić information content (AvgIpc) is 2.80. The summed E-state index contributed by atoms with van der Waals surface area (Å²) in [4.78, 5) is 13.0. The molecule has 0 atom stereocenters. The van der Waals surface area contributed by atoms with Gasteiger partial charge in [0.1, 0.15) is 0 Å². The Bertz CT molecular complexity index is 974. The van der Waals surface area contributed by atoms with Crippen molar-refractivity contribution in [2.45, 2.75) is 62.3 Å². The average molecular weight is 427 g/mol. The van der Waals surface area contributed by atoms with Crippen molar-refractivity contribution in [3.63, 3.8) is 0 Å². The molecule has 1 saturated carbocycles. The number of nitrogens with zero attached hydrogens (tertiary/aromatic N) is 1. The van der Waals surface area contributed by atoms with Crippen LogP contribution in [0, 0.1) is 0 Å². The molecule has 4 rings (SSSR count). The highest BCUT2D eigenvalue weighted by Gasteiger charge is 2.25. The van der Waals surface area contributed by atoms with Crippen LogP contribution in [0.25, 0.3) is 11.1 Å². The van der Waals surface area contributed by atoms with Gasteiger partial charge in [-0.3, -0.25) is 4.79 Å². The van der Waals surface area contributed by atoms with Gasteiger partial charge in [-0.2, -0.15) is 4.31 Å². The van der Waals surface area contributed by atoms with E-state index in [1.54, 1.807) is 16.4 Å². The Morgan fingerprint density at radius 3 is 2.20 bits per heavy atom. The van der Waals surface area contributed by atoms with Crippen molar-refractivity contribution in [2.24, 2.45) is 0 Å². The predicted molar refractivity (Wildman–Crippen MR) is 119 cm³/mol. The van der Waals surface area contributed by atoms with Crippen LogP contribution in [0.15, 0.2) is 53.4 Å². The molecule has 2 aromatic rings. The zero-order valence-corrected chi connectivity index (χ0v) is 18.2.